The minimum atomic E-state index is -0.412. The summed E-state index contributed by atoms with van der Waals surface area (Å²) >= 11 is 5.84. The van der Waals surface area contributed by atoms with Gasteiger partial charge in [0.05, 0.1) is 11.0 Å². The van der Waals surface area contributed by atoms with Gasteiger partial charge < -0.3 is 10.1 Å². The number of rotatable bonds is 5. The fraction of sp³-hybridized carbons (Fsp3) is 0.500. The molecule has 0 aliphatic carbocycles. The summed E-state index contributed by atoms with van der Waals surface area (Å²) in [5.74, 6) is 0. The minimum Gasteiger partial charge on any atom is -0.379 e. The average molecular weight is 271 g/mol. The van der Waals surface area contributed by atoms with Gasteiger partial charge >= 0.3 is 0 Å². The normalized spacial score (nSPS) is 18.8. The lowest BCUT2D eigenvalue weighted by Crippen LogP contribution is -2.13. The summed E-state index contributed by atoms with van der Waals surface area (Å²) in [6.45, 7) is 1.47. The van der Waals surface area contributed by atoms with Crippen molar-refractivity contribution in [2.75, 3.05) is 18.5 Å². The van der Waals surface area contributed by atoms with Crippen LogP contribution in [0.5, 0.6) is 0 Å². The van der Waals surface area contributed by atoms with E-state index < -0.39 is 4.92 Å². The molecule has 0 saturated carbocycles. The molecule has 98 valence electrons. The van der Waals surface area contributed by atoms with E-state index in [1.54, 1.807) is 6.07 Å². The Morgan fingerprint density at radius 1 is 1.56 bits per heavy atom. The fourth-order valence-corrected chi connectivity index (χ4v) is 2.22. The molecule has 1 saturated heterocycles. The molecular weight excluding hydrogens is 256 g/mol. The van der Waals surface area contributed by atoms with Gasteiger partial charge in [0.1, 0.15) is 5.69 Å². The second-order valence-corrected chi connectivity index (χ2v) is 4.71. The molecule has 1 heterocycles. The summed E-state index contributed by atoms with van der Waals surface area (Å²) in [5, 5.41) is 14.4. The van der Waals surface area contributed by atoms with Gasteiger partial charge in [0.15, 0.2) is 0 Å². The van der Waals surface area contributed by atoms with Crippen LogP contribution < -0.4 is 5.32 Å². The van der Waals surface area contributed by atoms with E-state index in [2.05, 4.69) is 5.32 Å². The lowest BCUT2D eigenvalue weighted by atomic mass is 10.2. The summed E-state index contributed by atoms with van der Waals surface area (Å²) < 4.78 is 5.49. The number of halogens is 1. The monoisotopic (exact) mass is 270 g/mol. The molecule has 6 heteroatoms. The Hall–Kier alpha value is -1.33. The maximum Gasteiger partial charge on any atom is 0.292 e. The van der Waals surface area contributed by atoms with E-state index in [0.29, 0.717) is 17.3 Å². The zero-order chi connectivity index (χ0) is 13.0. The van der Waals surface area contributed by atoms with E-state index >= 15 is 0 Å². The van der Waals surface area contributed by atoms with Crippen LogP contribution in [0.3, 0.4) is 0 Å². The second kappa shape index (κ2) is 6.02. The number of nitrogens with one attached hydrogen (secondary N) is 1. The first-order valence-corrected chi connectivity index (χ1v) is 6.34. The van der Waals surface area contributed by atoms with Crippen molar-refractivity contribution in [3.05, 3.63) is 33.3 Å². The number of anilines is 1. The van der Waals surface area contributed by atoms with E-state index in [0.717, 1.165) is 25.9 Å². The standard InChI is InChI=1S/C12H15ClN2O3/c13-9-3-4-12(15(16)17)11(8-9)14-6-5-10-2-1-7-18-10/h3-4,8,10,14H,1-2,5-7H2. The number of nitrogens with zero attached hydrogens (tertiary/aromatic N) is 1. The van der Waals surface area contributed by atoms with Gasteiger partial charge in [-0.25, -0.2) is 0 Å². The van der Waals surface area contributed by atoms with E-state index in [9.17, 15) is 10.1 Å². The molecule has 0 aromatic heterocycles. The highest BCUT2D eigenvalue weighted by Gasteiger charge is 2.17. The highest BCUT2D eigenvalue weighted by atomic mass is 35.5. The van der Waals surface area contributed by atoms with Crippen LogP contribution in [-0.2, 0) is 4.74 Å². The Balaban J connectivity index is 1.94. The number of ether oxygens (including phenoxy) is 1. The van der Waals surface area contributed by atoms with Crippen LogP contribution in [-0.4, -0.2) is 24.2 Å². The fourth-order valence-electron chi connectivity index (χ4n) is 2.05. The number of hydrogen-bond donors (Lipinski definition) is 1. The Kier molecular flexibility index (Phi) is 4.38. The molecule has 0 radical (unpaired) electrons. The molecule has 1 aromatic rings. The predicted molar refractivity (Wildman–Crippen MR) is 70.2 cm³/mol. The molecule has 1 atom stereocenters. The number of nitro groups is 1. The molecule has 0 bridgehead atoms. The van der Waals surface area contributed by atoms with Crippen molar-refractivity contribution in [3.8, 4) is 0 Å². The summed E-state index contributed by atoms with van der Waals surface area (Å²) in [5.41, 5.74) is 0.511. The molecule has 5 nitrogen and oxygen atoms in total. The van der Waals surface area contributed by atoms with Crippen molar-refractivity contribution in [2.45, 2.75) is 25.4 Å². The highest BCUT2D eigenvalue weighted by molar-refractivity contribution is 6.31. The summed E-state index contributed by atoms with van der Waals surface area (Å²) in [6.07, 6.45) is 3.29. The van der Waals surface area contributed by atoms with E-state index in [4.69, 9.17) is 16.3 Å². The number of benzene rings is 1. The first kappa shape index (κ1) is 13.1. The molecule has 0 spiro atoms. The molecule has 1 aliphatic heterocycles. The van der Waals surface area contributed by atoms with Gasteiger partial charge in [-0.15, -0.1) is 0 Å². The van der Waals surface area contributed by atoms with E-state index in [1.165, 1.54) is 12.1 Å². The van der Waals surface area contributed by atoms with Gasteiger partial charge in [-0.1, -0.05) is 11.6 Å². The van der Waals surface area contributed by atoms with Crippen molar-refractivity contribution in [1.29, 1.82) is 0 Å². The number of hydrogen-bond acceptors (Lipinski definition) is 4. The molecule has 0 amide bonds. The molecule has 1 fully saturated rings. The zero-order valence-corrected chi connectivity index (χ0v) is 10.7. The highest BCUT2D eigenvalue weighted by Crippen LogP contribution is 2.27. The lowest BCUT2D eigenvalue weighted by molar-refractivity contribution is -0.384. The largest absolute Gasteiger partial charge is 0.379 e. The van der Waals surface area contributed by atoms with Crippen LogP contribution in [0, 0.1) is 10.1 Å². The Bertz CT molecular complexity index is 433. The van der Waals surface area contributed by atoms with Crippen molar-refractivity contribution in [1.82, 2.24) is 0 Å². The molecule has 18 heavy (non-hydrogen) atoms. The number of nitro benzene ring substituents is 1. The quantitative estimate of drug-likeness (QED) is 0.659. The summed E-state index contributed by atoms with van der Waals surface area (Å²) in [7, 11) is 0. The van der Waals surface area contributed by atoms with Gasteiger partial charge in [-0.3, -0.25) is 10.1 Å². The third-order valence-electron chi connectivity index (χ3n) is 2.96. The first-order valence-electron chi connectivity index (χ1n) is 5.96. The topological polar surface area (TPSA) is 64.4 Å². The zero-order valence-electron chi connectivity index (χ0n) is 9.89. The van der Waals surface area contributed by atoms with Gasteiger partial charge in [0.2, 0.25) is 0 Å². The third kappa shape index (κ3) is 3.34. The van der Waals surface area contributed by atoms with Gasteiger partial charge in [0.25, 0.3) is 5.69 Å². The van der Waals surface area contributed by atoms with Crippen LogP contribution in [0.2, 0.25) is 5.02 Å². The average Bonchev–Trinajstić information content (AvgIpc) is 2.82. The molecule has 1 aliphatic rings. The maximum absolute atomic E-state index is 10.9. The Labute approximate surface area is 110 Å². The van der Waals surface area contributed by atoms with Crippen molar-refractivity contribution in [3.63, 3.8) is 0 Å². The van der Waals surface area contributed by atoms with Crippen LogP contribution in [0.15, 0.2) is 18.2 Å². The molecule has 1 aromatic carbocycles. The van der Waals surface area contributed by atoms with Gasteiger partial charge in [0, 0.05) is 24.2 Å². The Morgan fingerprint density at radius 2 is 2.39 bits per heavy atom. The molecule has 2 rings (SSSR count). The first-order chi connectivity index (χ1) is 8.66. The van der Waals surface area contributed by atoms with Crippen LogP contribution in [0.4, 0.5) is 11.4 Å². The third-order valence-corrected chi connectivity index (χ3v) is 3.20. The molecule has 1 N–H and O–H groups in total. The van der Waals surface area contributed by atoms with Crippen molar-refractivity contribution >= 4 is 23.0 Å². The van der Waals surface area contributed by atoms with E-state index in [-0.39, 0.29) is 11.8 Å². The summed E-state index contributed by atoms with van der Waals surface area (Å²) in [6, 6.07) is 4.51. The molecular formula is C12H15ClN2O3. The van der Waals surface area contributed by atoms with Crippen molar-refractivity contribution < 1.29 is 9.66 Å². The Morgan fingerprint density at radius 3 is 3.06 bits per heavy atom. The van der Waals surface area contributed by atoms with E-state index in [1.807, 2.05) is 0 Å². The van der Waals surface area contributed by atoms with Gasteiger partial charge in [-0.05, 0) is 31.4 Å². The summed E-state index contributed by atoms with van der Waals surface area (Å²) in [4.78, 5) is 10.4. The predicted octanol–water partition coefficient (Wildman–Crippen LogP) is 3.23. The molecule has 1 unspecified atom stereocenters. The van der Waals surface area contributed by atoms with Crippen LogP contribution in [0.25, 0.3) is 0 Å². The van der Waals surface area contributed by atoms with Crippen LogP contribution in [0.1, 0.15) is 19.3 Å². The smallest absolute Gasteiger partial charge is 0.292 e. The van der Waals surface area contributed by atoms with Gasteiger partial charge in [-0.2, -0.15) is 0 Å². The van der Waals surface area contributed by atoms with Crippen LogP contribution >= 0.6 is 11.6 Å². The van der Waals surface area contributed by atoms with Crippen molar-refractivity contribution in [2.24, 2.45) is 0 Å². The lowest BCUT2D eigenvalue weighted by Gasteiger charge is -2.11. The maximum atomic E-state index is 10.9. The second-order valence-electron chi connectivity index (χ2n) is 4.27. The minimum absolute atomic E-state index is 0.0479. The SMILES string of the molecule is O=[N+]([O-])c1ccc(Cl)cc1NCCC1CCCO1.